The van der Waals surface area contributed by atoms with E-state index >= 15 is 0 Å². The molecule has 0 aliphatic heterocycles. The van der Waals surface area contributed by atoms with E-state index < -0.39 is 0 Å². The van der Waals surface area contributed by atoms with Gasteiger partial charge in [-0.3, -0.25) is 0 Å². The van der Waals surface area contributed by atoms with E-state index in [9.17, 15) is 0 Å². The Morgan fingerprint density at radius 3 is 2.00 bits per heavy atom. The van der Waals surface area contributed by atoms with Crippen LogP contribution in [0.3, 0.4) is 0 Å². The SMILES string of the molecule is CC1=CCC[C@@H](P)[C@H]1[C@H]1C(P)=CCC[C@H]1C.[Ar].[Ar].[Ar].[Ar]. The van der Waals surface area contributed by atoms with Gasteiger partial charge in [0.25, 0.3) is 0 Å². The zero-order valence-corrected chi connectivity index (χ0v) is 17.0. The Hall–Kier alpha value is 5.38. The Morgan fingerprint density at radius 2 is 1.50 bits per heavy atom. The molecule has 0 radical (unpaired) electrons. The summed E-state index contributed by atoms with van der Waals surface area (Å²) in [6.45, 7) is 4.77. The Kier molecular flexibility index (Phi) is 23.2. The van der Waals surface area contributed by atoms with Crippen LogP contribution in [0.4, 0.5) is 0 Å². The fraction of sp³-hybridized carbons (Fsp3) is 0.714. The van der Waals surface area contributed by atoms with Gasteiger partial charge in [-0.2, -0.15) is 0 Å². The maximum absolute atomic E-state index is 3.10. The Labute approximate surface area is 249 Å². The molecule has 122 valence electrons. The molecule has 0 nitrogen and oxygen atoms in total. The first-order valence-electron chi connectivity index (χ1n) is 6.49. The maximum Gasteiger partial charge on any atom is 0 e. The molecule has 0 aromatic rings. The maximum atomic E-state index is 3.10. The molecule has 0 bridgehead atoms. The molecule has 0 spiro atoms. The smallest absolute Gasteiger partial charge is 0 e. The van der Waals surface area contributed by atoms with Crippen LogP contribution >= 0.6 is 18.5 Å². The summed E-state index contributed by atoms with van der Waals surface area (Å²) in [6, 6.07) is 0. The van der Waals surface area contributed by atoms with Gasteiger partial charge < -0.3 is 0 Å². The molecular weight excluding hydrogens is 390 g/mol. The molecule has 0 saturated heterocycles. The second-order valence-corrected chi connectivity index (χ2v) is 7.02. The summed E-state index contributed by atoms with van der Waals surface area (Å²) >= 11 is 0. The molecule has 2 rings (SSSR count). The van der Waals surface area contributed by atoms with Crippen LogP contribution in [0.15, 0.2) is 23.0 Å². The van der Waals surface area contributed by atoms with Gasteiger partial charge in [0.15, 0.2) is 0 Å². The van der Waals surface area contributed by atoms with Gasteiger partial charge in [0.05, 0.1) is 0 Å². The molecular formula is C14H24Ar4P2. The van der Waals surface area contributed by atoms with Crippen molar-refractivity contribution in [3.8, 4) is 0 Å². The first-order valence-corrected chi connectivity index (χ1v) is 7.73. The molecule has 0 aromatic carbocycles. The minimum atomic E-state index is 0. The third-order valence-corrected chi connectivity index (χ3v) is 5.71. The number of hydrogen-bond donors (Lipinski definition) is 0. The summed E-state index contributed by atoms with van der Waals surface area (Å²) in [4.78, 5) is 0. The predicted octanol–water partition coefficient (Wildman–Crippen LogP) is 4.39. The average molecular weight is 414 g/mol. The van der Waals surface area contributed by atoms with Gasteiger partial charge in [-0.25, -0.2) is 0 Å². The number of rotatable bonds is 1. The van der Waals surface area contributed by atoms with Crippen LogP contribution in [0.1, 0.15) is 39.5 Å². The van der Waals surface area contributed by atoms with Crippen molar-refractivity contribution in [1.29, 1.82) is 0 Å². The summed E-state index contributed by atoms with van der Waals surface area (Å²) in [5.41, 5.74) is 2.40. The van der Waals surface area contributed by atoms with Crippen molar-refractivity contribution in [3.05, 3.63) is 23.0 Å². The molecule has 2 unspecified atom stereocenters. The molecule has 0 N–H and O–H groups in total. The Bertz CT molecular complexity index is 299. The largest absolute Gasteiger partial charge is 0.134 e. The van der Waals surface area contributed by atoms with Crippen molar-refractivity contribution < 1.29 is 151 Å². The summed E-state index contributed by atoms with van der Waals surface area (Å²) in [5.74, 6) is 2.36. The van der Waals surface area contributed by atoms with Gasteiger partial charge in [-0.1, -0.05) is 30.0 Å². The van der Waals surface area contributed by atoms with Crippen LogP contribution in [0.5, 0.6) is 0 Å². The second kappa shape index (κ2) is 15.4. The van der Waals surface area contributed by atoms with E-state index in [0.717, 1.165) is 23.4 Å². The van der Waals surface area contributed by atoms with E-state index in [-0.39, 0.29) is 151 Å². The molecule has 0 fully saturated rings. The molecule has 20 heavy (non-hydrogen) atoms. The molecule has 0 amide bonds. The van der Waals surface area contributed by atoms with Crippen LogP contribution in [0, 0.1) is 169 Å². The molecule has 6 atom stereocenters. The third-order valence-electron chi connectivity index (χ3n) is 4.34. The molecule has 2 aliphatic carbocycles. The average Bonchev–Trinajstić information content (AvgIpc) is 2.21. The van der Waals surface area contributed by atoms with Crippen LogP contribution in [-0.4, -0.2) is 5.66 Å². The minimum absolute atomic E-state index is 0. The third kappa shape index (κ3) is 8.38. The normalized spacial score (nSPS) is 32.2. The Morgan fingerprint density at radius 1 is 0.950 bits per heavy atom. The van der Waals surface area contributed by atoms with Crippen LogP contribution in [-0.2, 0) is 0 Å². The minimum Gasteiger partial charge on any atom is -0.134 e. The fourth-order valence-corrected chi connectivity index (χ4v) is 4.86. The van der Waals surface area contributed by atoms with E-state index in [2.05, 4.69) is 44.5 Å². The van der Waals surface area contributed by atoms with Gasteiger partial charge in [0.1, 0.15) is 0 Å². The van der Waals surface area contributed by atoms with Crippen molar-refractivity contribution in [2.24, 2.45) is 17.8 Å². The van der Waals surface area contributed by atoms with E-state index in [4.69, 9.17) is 0 Å². The second-order valence-electron chi connectivity index (χ2n) is 5.50. The van der Waals surface area contributed by atoms with Gasteiger partial charge in [0.2, 0.25) is 0 Å². The molecule has 0 heterocycles. The van der Waals surface area contributed by atoms with Gasteiger partial charge in [-0.05, 0) is 56.0 Å². The van der Waals surface area contributed by atoms with Gasteiger partial charge in [0, 0.05) is 151 Å². The van der Waals surface area contributed by atoms with Crippen molar-refractivity contribution in [2.75, 3.05) is 0 Å². The molecule has 0 saturated carbocycles. The summed E-state index contributed by atoms with van der Waals surface area (Å²) < 4.78 is 0. The standard InChI is InChI=1S/C14H24P2.4Ar/c1-9-5-3-7-11(15)13(9)14-10(2)6-4-8-12(14)16;;;;/h5,8,10-11,13-14H,3-4,6-7,15-16H2,1-2H3;;;;/t10-,11-,13+,14-;;;;/m1..../s1. The quantitative estimate of drug-likeness (QED) is 0.441. The van der Waals surface area contributed by atoms with Crippen LogP contribution in [0.2, 0.25) is 0 Å². The van der Waals surface area contributed by atoms with Gasteiger partial charge in [-0.15, -0.1) is 18.5 Å². The van der Waals surface area contributed by atoms with Gasteiger partial charge >= 0.3 is 0 Å². The number of allylic oxidation sites excluding steroid dienone is 4. The monoisotopic (exact) mass is 414 g/mol. The first kappa shape index (κ1) is 30.1. The molecule has 6 heteroatoms. The molecule has 0 aromatic heterocycles. The topological polar surface area (TPSA) is 0 Å². The zero-order chi connectivity index (χ0) is 11.7. The van der Waals surface area contributed by atoms with E-state index in [1.165, 1.54) is 25.7 Å². The molecule has 2 aliphatic rings. The van der Waals surface area contributed by atoms with Crippen LogP contribution < -0.4 is 0 Å². The van der Waals surface area contributed by atoms with Crippen molar-refractivity contribution in [1.82, 2.24) is 0 Å². The van der Waals surface area contributed by atoms with E-state index in [0.29, 0.717) is 0 Å². The fourth-order valence-electron chi connectivity index (χ4n) is 3.42. The zero-order valence-electron chi connectivity index (χ0n) is 11.9. The first-order chi connectivity index (χ1) is 7.61. The van der Waals surface area contributed by atoms with Crippen molar-refractivity contribution >= 4 is 18.5 Å². The number of hydrogen-bond acceptors (Lipinski definition) is 0. The van der Waals surface area contributed by atoms with E-state index in [1.54, 1.807) is 10.9 Å². The van der Waals surface area contributed by atoms with E-state index in [1.807, 2.05) is 0 Å². The summed E-state index contributed by atoms with van der Waals surface area (Å²) in [5, 5.41) is 1.56. The van der Waals surface area contributed by atoms with Crippen molar-refractivity contribution in [2.45, 2.75) is 45.2 Å². The van der Waals surface area contributed by atoms with Crippen LogP contribution in [0.25, 0.3) is 0 Å². The Balaban J connectivity index is -0.000000722. The predicted molar refractivity (Wildman–Crippen MR) is 79.7 cm³/mol. The summed E-state index contributed by atoms with van der Waals surface area (Å²) in [7, 11) is 6.09. The summed E-state index contributed by atoms with van der Waals surface area (Å²) in [6.07, 6.45) is 10.2. The van der Waals surface area contributed by atoms with Crippen molar-refractivity contribution in [3.63, 3.8) is 0 Å².